The number of anilines is 2. The minimum atomic E-state index is 0.633. The van der Waals surface area contributed by atoms with Gasteiger partial charge in [0.1, 0.15) is 5.75 Å². The molecule has 1 fully saturated rings. The van der Waals surface area contributed by atoms with Crippen molar-refractivity contribution in [2.45, 2.75) is 0 Å². The first kappa shape index (κ1) is 13.8. The van der Waals surface area contributed by atoms with Crippen molar-refractivity contribution in [3.8, 4) is 16.9 Å². The Labute approximate surface area is 124 Å². The number of hydrogen-bond acceptors (Lipinski definition) is 5. The zero-order valence-corrected chi connectivity index (χ0v) is 12.4. The molecule has 1 aliphatic rings. The third-order valence-electron chi connectivity index (χ3n) is 3.72. The van der Waals surface area contributed by atoms with Gasteiger partial charge in [-0.1, -0.05) is 0 Å². The van der Waals surface area contributed by atoms with E-state index in [1.807, 2.05) is 31.6 Å². The fourth-order valence-corrected chi connectivity index (χ4v) is 2.62. The highest BCUT2D eigenvalue weighted by atomic mass is 16.5. The Balaban J connectivity index is 2.09. The van der Waals surface area contributed by atoms with E-state index in [-0.39, 0.29) is 0 Å². The van der Waals surface area contributed by atoms with E-state index in [4.69, 9.17) is 15.2 Å². The molecule has 3 rings (SSSR count). The standard InChI is InChI=1S/C15H20N4O2/c1-18-10-11(9-17-18)12-7-13(16)15(20-2)8-14(12)19-3-5-21-6-4-19/h7-10H,3-6,16H2,1-2H3. The Morgan fingerprint density at radius 2 is 2.05 bits per heavy atom. The molecule has 0 bridgehead atoms. The van der Waals surface area contributed by atoms with Crippen LogP contribution in [0.25, 0.3) is 11.1 Å². The number of rotatable bonds is 3. The highest BCUT2D eigenvalue weighted by molar-refractivity contribution is 5.83. The average Bonchev–Trinajstić information content (AvgIpc) is 2.94. The molecule has 21 heavy (non-hydrogen) atoms. The van der Waals surface area contributed by atoms with Crippen molar-refractivity contribution in [2.24, 2.45) is 7.05 Å². The molecular weight excluding hydrogens is 268 g/mol. The molecule has 1 aromatic heterocycles. The lowest BCUT2D eigenvalue weighted by Gasteiger charge is -2.31. The van der Waals surface area contributed by atoms with Crippen LogP contribution in [0.5, 0.6) is 5.75 Å². The molecule has 0 unspecified atom stereocenters. The zero-order chi connectivity index (χ0) is 14.8. The fourth-order valence-electron chi connectivity index (χ4n) is 2.62. The smallest absolute Gasteiger partial charge is 0.143 e. The van der Waals surface area contributed by atoms with Gasteiger partial charge in [0.2, 0.25) is 0 Å². The number of hydrogen-bond donors (Lipinski definition) is 1. The van der Waals surface area contributed by atoms with Crippen molar-refractivity contribution in [2.75, 3.05) is 44.0 Å². The Kier molecular flexibility index (Phi) is 3.70. The van der Waals surface area contributed by atoms with Gasteiger partial charge >= 0.3 is 0 Å². The number of nitrogens with zero attached hydrogens (tertiary/aromatic N) is 3. The summed E-state index contributed by atoms with van der Waals surface area (Å²) in [7, 11) is 3.54. The lowest BCUT2D eigenvalue weighted by atomic mass is 10.0. The second-order valence-electron chi connectivity index (χ2n) is 5.11. The maximum atomic E-state index is 6.08. The van der Waals surface area contributed by atoms with Crippen LogP contribution in [0.3, 0.4) is 0 Å². The predicted octanol–water partition coefficient (Wildman–Crippen LogP) is 1.51. The van der Waals surface area contributed by atoms with Gasteiger partial charge in [0.25, 0.3) is 0 Å². The van der Waals surface area contributed by atoms with E-state index in [2.05, 4.69) is 10.00 Å². The zero-order valence-electron chi connectivity index (χ0n) is 12.4. The van der Waals surface area contributed by atoms with E-state index < -0.39 is 0 Å². The Bertz CT molecular complexity index is 633. The minimum Gasteiger partial charge on any atom is -0.495 e. The molecule has 6 nitrogen and oxygen atoms in total. The van der Waals surface area contributed by atoms with Crippen LogP contribution in [0.4, 0.5) is 11.4 Å². The van der Waals surface area contributed by atoms with Gasteiger partial charge in [-0.3, -0.25) is 4.68 Å². The van der Waals surface area contributed by atoms with Crippen molar-refractivity contribution in [3.05, 3.63) is 24.5 Å². The highest BCUT2D eigenvalue weighted by Gasteiger charge is 2.19. The first-order valence-corrected chi connectivity index (χ1v) is 6.98. The summed E-state index contributed by atoms with van der Waals surface area (Å²) in [5.74, 6) is 0.698. The number of methoxy groups -OCH3 is 1. The molecule has 0 spiro atoms. The first-order chi connectivity index (χ1) is 10.2. The molecule has 2 aromatic rings. The monoisotopic (exact) mass is 288 g/mol. The van der Waals surface area contributed by atoms with Crippen molar-refractivity contribution in [3.63, 3.8) is 0 Å². The van der Waals surface area contributed by atoms with Crippen molar-refractivity contribution >= 4 is 11.4 Å². The molecular formula is C15H20N4O2. The molecule has 1 aromatic carbocycles. The molecule has 1 aliphatic heterocycles. The quantitative estimate of drug-likeness (QED) is 0.867. The van der Waals surface area contributed by atoms with Gasteiger partial charge in [-0.05, 0) is 6.07 Å². The van der Waals surface area contributed by atoms with Gasteiger partial charge in [-0.15, -0.1) is 0 Å². The van der Waals surface area contributed by atoms with Crippen molar-refractivity contribution in [1.82, 2.24) is 9.78 Å². The number of nitrogens with two attached hydrogens (primary N) is 1. The predicted molar refractivity (Wildman–Crippen MR) is 82.6 cm³/mol. The summed E-state index contributed by atoms with van der Waals surface area (Å²) in [5.41, 5.74) is 9.94. The number of ether oxygens (including phenoxy) is 2. The minimum absolute atomic E-state index is 0.633. The van der Waals surface area contributed by atoms with Crippen LogP contribution in [0.15, 0.2) is 24.5 Å². The van der Waals surface area contributed by atoms with Crippen LogP contribution in [0.1, 0.15) is 0 Å². The number of aromatic nitrogens is 2. The molecule has 6 heteroatoms. The van der Waals surface area contributed by atoms with E-state index in [0.717, 1.165) is 43.1 Å². The van der Waals surface area contributed by atoms with Gasteiger partial charge < -0.3 is 20.1 Å². The van der Waals surface area contributed by atoms with Gasteiger partial charge in [0, 0.05) is 49.2 Å². The third-order valence-corrected chi connectivity index (χ3v) is 3.72. The summed E-state index contributed by atoms with van der Waals surface area (Å²) in [6.45, 7) is 3.19. The van der Waals surface area contributed by atoms with E-state index in [0.29, 0.717) is 11.4 Å². The normalized spacial score (nSPS) is 15.2. The summed E-state index contributed by atoms with van der Waals surface area (Å²) >= 11 is 0. The van der Waals surface area contributed by atoms with Crippen molar-refractivity contribution in [1.29, 1.82) is 0 Å². The third kappa shape index (κ3) is 2.67. The molecule has 112 valence electrons. The van der Waals surface area contributed by atoms with Crippen LogP contribution < -0.4 is 15.4 Å². The molecule has 2 N–H and O–H groups in total. The molecule has 0 atom stereocenters. The number of benzene rings is 1. The molecule has 1 saturated heterocycles. The number of nitrogen functional groups attached to an aromatic ring is 1. The molecule has 0 aliphatic carbocycles. The Morgan fingerprint density at radius 1 is 1.29 bits per heavy atom. The van der Waals surface area contributed by atoms with Crippen LogP contribution in [0, 0.1) is 0 Å². The largest absolute Gasteiger partial charge is 0.495 e. The summed E-state index contributed by atoms with van der Waals surface area (Å²) in [6, 6.07) is 3.96. The lowest BCUT2D eigenvalue weighted by molar-refractivity contribution is 0.122. The maximum absolute atomic E-state index is 6.08. The van der Waals surface area contributed by atoms with E-state index in [1.165, 1.54) is 0 Å². The fraction of sp³-hybridized carbons (Fsp3) is 0.400. The average molecular weight is 288 g/mol. The number of aryl methyl sites for hydroxylation is 1. The van der Waals surface area contributed by atoms with E-state index >= 15 is 0 Å². The van der Waals surface area contributed by atoms with Crippen molar-refractivity contribution < 1.29 is 9.47 Å². The highest BCUT2D eigenvalue weighted by Crippen LogP contribution is 2.38. The van der Waals surface area contributed by atoms with Gasteiger partial charge in [0.15, 0.2) is 0 Å². The molecule has 0 radical (unpaired) electrons. The van der Waals surface area contributed by atoms with Gasteiger partial charge in [-0.25, -0.2) is 0 Å². The Hall–Kier alpha value is -2.21. The summed E-state index contributed by atoms with van der Waals surface area (Å²) in [6.07, 6.45) is 3.84. The summed E-state index contributed by atoms with van der Waals surface area (Å²) in [5, 5.41) is 4.25. The van der Waals surface area contributed by atoms with Crippen LogP contribution in [0.2, 0.25) is 0 Å². The van der Waals surface area contributed by atoms with Gasteiger partial charge in [0.05, 0.1) is 32.2 Å². The van der Waals surface area contributed by atoms with Crippen LogP contribution in [-0.2, 0) is 11.8 Å². The first-order valence-electron chi connectivity index (χ1n) is 6.98. The summed E-state index contributed by atoms with van der Waals surface area (Å²) in [4.78, 5) is 2.30. The lowest BCUT2D eigenvalue weighted by Crippen LogP contribution is -2.36. The SMILES string of the molecule is COc1cc(N2CCOCC2)c(-c2cnn(C)c2)cc1N. The van der Waals surface area contributed by atoms with E-state index in [9.17, 15) is 0 Å². The molecule has 0 amide bonds. The van der Waals surface area contributed by atoms with Crippen LogP contribution >= 0.6 is 0 Å². The molecule has 2 heterocycles. The summed E-state index contributed by atoms with van der Waals surface area (Å²) < 4.78 is 12.6. The maximum Gasteiger partial charge on any atom is 0.143 e. The molecule has 0 saturated carbocycles. The topological polar surface area (TPSA) is 65.5 Å². The van der Waals surface area contributed by atoms with Crippen LogP contribution in [-0.4, -0.2) is 43.2 Å². The second-order valence-corrected chi connectivity index (χ2v) is 5.11. The van der Waals surface area contributed by atoms with Gasteiger partial charge in [-0.2, -0.15) is 5.10 Å². The Morgan fingerprint density at radius 3 is 2.67 bits per heavy atom. The van der Waals surface area contributed by atoms with E-state index in [1.54, 1.807) is 11.8 Å². The number of morpholine rings is 1. The second kappa shape index (κ2) is 5.65.